The smallest absolute Gasteiger partial charge is 0.331 e. The van der Waals surface area contributed by atoms with Crippen LogP contribution in [0.25, 0.3) is 10.8 Å². The lowest BCUT2D eigenvalue weighted by Crippen LogP contribution is -2.29. The average molecular weight is 446 g/mol. The van der Waals surface area contributed by atoms with Crippen LogP contribution >= 0.6 is 11.8 Å². The van der Waals surface area contributed by atoms with E-state index in [0.717, 1.165) is 28.6 Å². The van der Waals surface area contributed by atoms with Crippen LogP contribution in [0, 0.1) is 0 Å². The van der Waals surface area contributed by atoms with E-state index in [9.17, 15) is 14.4 Å². The summed E-state index contributed by atoms with van der Waals surface area (Å²) in [6, 6.07) is 19.6. The second-order valence-electron chi connectivity index (χ2n) is 6.70. The number of fused-ring (bicyclic) bond motifs is 1. The number of hydrogen-bond donors (Lipinski definition) is 0. The predicted molar refractivity (Wildman–Crippen MR) is 124 cm³/mol. The Morgan fingerprint density at radius 1 is 0.969 bits per heavy atom. The summed E-state index contributed by atoms with van der Waals surface area (Å²) in [5.74, 6) is -1.02. The van der Waals surface area contributed by atoms with Crippen molar-refractivity contribution >= 4 is 51.2 Å². The molecule has 0 saturated carbocycles. The highest BCUT2D eigenvalue weighted by atomic mass is 32.2. The van der Waals surface area contributed by atoms with Gasteiger partial charge in [0.15, 0.2) is 5.17 Å². The number of esters is 1. The van der Waals surface area contributed by atoms with Crippen LogP contribution in [-0.2, 0) is 14.3 Å². The molecule has 1 saturated heterocycles. The minimum atomic E-state index is -0.669. The molecule has 4 rings (SSSR count). The van der Waals surface area contributed by atoms with E-state index in [1.54, 1.807) is 43.5 Å². The molecule has 2 amide bonds. The van der Waals surface area contributed by atoms with Gasteiger partial charge in [0.1, 0.15) is 5.75 Å². The summed E-state index contributed by atoms with van der Waals surface area (Å²) in [5, 5.41) is 1.82. The first-order valence-electron chi connectivity index (χ1n) is 9.58. The second-order valence-corrected chi connectivity index (χ2v) is 7.71. The van der Waals surface area contributed by atoms with E-state index >= 15 is 0 Å². The van der Waals surface area contributed by atoms with Gasteiger partial charge in [-0.2, -0.15) is 4.99 Å². The molecule has 0 N–H and O–H groups in total. The van der Waals surface area contributed by atoms with Crippen LogP contribution in [0.3, 0.4) is 0 Å². The van der Waals surface area contributed by atoms with Crippen LogP contribution in [0.4, 0.5) is 5.69 Å². The van der Waals surface area contributed by atoms with E-state index in [2.05, 4.69) is 9.73 Å². The molecule has 0 bridgehead atoms. The van der Waals surface area contributed by atoms with Crippen molar-refractivity contribution in [1.82, 2.24) is 0 Å². The standard InChI is InChI=1S/C24H18N2O5S/c1-30-17-12-10-16(11-13-17)26-23(29)20(14-21(27)31-2)32-24(26)25-22(28)19-9-5-7-15-6-3-4-8-18(15)19/h3-14H,1-2H3/b20-14-,25-24?. The van der Waals surface area contributed by atoms with Crippen LogP contribution in [0.5, 0.6) is 5.75 Å². The van der Waals surface area contributed by atoms with Crippen molar-refractivity contribution < 1.29 is 23.9 Å². The summed E-state index contributed by atoms with van der Waals surface area (Å²) in [6.45, 7) is 0. The molecule has 0 atom stereocenters. The van der Waals surface area contributed by atoms with E-state index in [0.29, 0.717) is 17.0 Å². The molecule has 1 fully saturated rings. The van der Waals surface area contributed by atoms with Crippen molar-refractivity contribution in [3.63, 3.8) is 0 Å². The summed E-state index contributed by atoms with van der Waals surface area (Å²) >= 11 is 0.938. The van der Waals surface area contributed by atoms with Gasteiger partial charge in [-0.05, 0) is 52.9 Å². The Morgan fingerprint density at radius 3 is 2.41 bits per heavy atom. The van der Waals surface area contributed by atoms with Crippen molar-refractivity contribution in [2.75, 3.05) is 19.1 Å². The zero-order chi connectivity index (χ0) is 22.7. The molecule has 3 aromatic rings. The molecule has 0 aliphatic carbocycles. The maximum Gasteiger partial charge on any atom is 0.331 e. The van der Waals surface area contributed by atoms with Crippen molar-refractivity contribution in [3.8, 4) is 5.75 Å². The highest BCUT2D eigenvalue weighted by Crippen LogP contribution is 2.36. The first-order valence-corrected chi connectivity index (χ1v) is 10.4. The fraction of sp³-hybridized carbons (Fsp3) is 0.0833. The number of amidine groups is 1. The molecule has 0 aromatic heterocycles. The number of amides is 2. The highest BCUT2D eigenvalue weighted by molar-refractivity contribution is 8.19. The van der Waals surface area contributed by atoms with E-state index < -0.39 is 17.8 Å². The monoisotopic (exact) mass is 446 g/mol. The maximum atomic E-state index is 13.1. The number of carbonyl (C=O) groups is 3. The fourth-order valence-electron chi connectivity index (χ4n) is 3.23. The van der Waals surface area contributed by atoms with Gasteiger partial charge in [-0.1, -0.05) is 36.4 Å². The first kappa shape index (κ1) is 21.3. The number of rotatable bonds is 4. The summed E-state index contributed by atoms with van der Waals surface area (Å²) in [7, 11) is 2.77. The number of nitrogens with zero attached hydrogens (tertiary/aromatic N) is 2. The minimum Gasteiger partial charge on any atom is -0.497 e. The molecule has 0 spiro atoms. The summed E-state index contributed by atoms with van der Waals surface area (Å²) in [4.78, 5) is 43.6. The zero-order valence-electron chi connectivity index (χ0n) is 17.3. The molecular formula is C24H18N2O5S. The Balaban J connectivity index is 1.78. The molecule has 7 nitrogen and oxygen atoms in total. The van der Waals surface area contributed by atoms with Gasteiger partial charge >= 0.3 is 5.97 Å². The molecule has 0 radical (unpaired) electrons. The Bertz CT molecular complexity index is 1280. The van der Waals surface area contributed by atoms with E-state index in [1.165, 1.54) is 12.0 Å². The average Bonchev–Trinajstić information content (AvgIpc) is 3.12. The summed E-state index contributed by atoms with van der Waals surface area (Å²) in [5.41, 5.74) is 0.907. The van der Waals surface area contributed by atoms with Crippen molar-refractivity contribution in [2.24, 2.45) is 4.99 Å². The molecular weight excluding hydrogens is 428 g/mol. The van der Waals surface area contributed by atoms with Gasteiger partial charge < -0.3 is 9.47 Å². The zero-order valence-corrected chi connectivity index (χ0v) is 18.1. The predicted octanol–water partition coefficient (Wildman–Crippen LogP) is 4.18. The third kappa shape index (κ3) is 4.13. The number of hydrogen-bond acceptors (Lipinski definition) is 6. The van der Waals surface area contributed by atoms with Gasteiger partial charge in [-0.15, -0.1) is 0 Å². The number of methoxy groups -OCH3 is 2. The van der Waals surface area contributed by atoms with Gasteiger partial charge in [-0.25, -0.2) is 4.79 Å². The van der Waals surface area contributed by atoms with Gasteiger partial charge in [-0.3, -0.25) is 14.5 Å². The lowest BCUT2D eigenvalue weighted by Gasteiger charge is -2.16. The van der Waals surface area contributed by atoms with Gasteiger partial charge in [0.05, 0.1) is 24.8 Å². The molecule has 1 aliphatic rings. The van der Waals surface area contributed by atoms with Crippen molar-refractivity contribution in [2.45, 2.75) is 0 Å². The Kier molecular flexibility index (Phi) is 6.04. The van der Waals surface area contributed by atoms with Crippen molar-refractivity contribution in [3.05, 3.63) is 83.3 Å². The second kappa shape index (κ2) is 9.07. The third-order valence-electron chi connectivity index (χ3n) is 4.80. The highest BCUT2D eigenvalue weighted by Gasteiger charge is 2.36. The fourth-order valence-corrected chi connectivity index (χ4v) is 4.17. The molecule has 1 heterocycles. The number of thioether (sulfide) groups is 1. The van der Waals surface area contributed by atoms with Gasteiger partial charge in [0, 0.05) is 11.6 Å². The van der Waals surface area contributed by atoms with Crippen LogP contribution in [0.15, 0.2) is 82.7 Å². The number of ether oxygens (including phenoxy) is 2. The van der Waals surface area contributed by atoms with E-state index in [1.807, 2.05) is 30.3 Å². The third-order valence-corrected chi connectivity index (χ3v) is 5.77. The molecule has 3 aromatic carbocycles. The van der Waals surface area contributed by atoms with Crippen LogP contribution in [0.1, 0.15) is 10.4 Å². The Hall–Kier alpha value is -3.91. The quantitative estimate of drug-likeness (QED) is 0.442. The molecule has 8 heteroatoms. The van der Waals surface area contributed by atoms with Crippen molar-refractivity contribution in [1.29, 1.82) is 0 Å². The van der Waals surface area contributed by atoms with E-state index in [-0.39, 0.29) is 10.1 Å². The minimum absolute atomic E-state index is 0.108. The summed E-state index contributed by atoms with van der Waals surface area (Å²) < 4.78 is 9.81. The van der Waals surface area contributed by atoms with E-state index in [4.69, 9.17) is 4.74 Å². The van der Waals surface area contributed by atoms with Crippen LogP contribution in [0.2, 0.25) is 0 Å². The summed E-state index contributed by atoms with van der Waals surface area (Å²) in [6.07, 6.45) is 1.09. The topological polar surface area (TPSA) is 85.3 Å². The van der Waals surface area contributed by atoms with Gasteiger partial charge in [0.2, 0.25) is 0 Å². The Morgan fingerprint density at radius 2 is 1.69 bits per heavy atom. The number of carbonyl (C=O) groups excluding carboxylic acids is 3. The van der Waals surface area contributed by atoms with Gasteiger partial charge in [0.25, 0.3) is 11.8 Å². The molecule has 0 unspecified atom stereocenters. The number of benzene rings is 3. The lowest BCUT2D eigenvalue weighted by molar-refractivity contribution is -0.135. The lowest BCUT2D eigenvalue weighted by atomic mass is 10.0. The molecule has 160 valence electrons. The maximum absolute atomic E-state index is 13.1. The van der Waals surface area contributed by atoms with Crippen LogP contribution in [-0.4, -0.2) is 37.2 Å². The molecule has 32 heavy (non-hydrogen) atoms. The SMILES string of the molecule is COC(=O)/C=C1\SC(=NC(=O)c2cccc3ccccc23)N(c2ccc(OC)cc2)C1=O. The van der Waals surface area contributed by atoms with Crippen LogP contribution < -0.4 is 9.64 Å². The number of anilines is 1. The first-order chi connectivity index (χ1) is 15.5. The normalized spacial score (nSPS) is 16.1. The largest absolute Gasteiger partial charge is 0.497 e. The molecule has 1 aliphatic heterocycles. The Labute approximate surface area is 188 Å². The number of aliphatic imine (C=N–C) groups is 1.